The monoisotopic (exact) mass is 213 g/mol. The van der Waals surface area contributed by atoms with Gasteiger partial charge in [0, 0.05) is 11.4 Å². The average Bonchev–Trinajstić information content (AvgIpc) is 2.46. The fourth-order valence-electron chi connectivity index (χ4n) is 1.19. The SMILES string of the molecule is Cc1nc(NCCCCCN)sc1C. The normalized spacial score (nSPS) is 10.5. The summed E-state index contributed by atoms with van der Waals surface area (Å²) in [4.78, 5) is 5.71. The molecule has 0 aliphatic carbocycles. The fourth-order valence-corrected chi connectivity index (χ4v) is 2.03. The van der Waals surface area contributed by atoms with Crippen LogP contribution in [-0.2, 0) is 0 Å². The fraction of sp³-hybridized carbons (Fsp3) is 0.700. The summed E-state index contributed by atoms with van der Waals surface area (Å²) in [6, 6.07) is 0. The molecule has 0 fully saturated rings. The van der Waals surface area contributed by atoms with E-state index < -0.39 is 0 Å². The van der Waals surface area contributed by atoms with Gasteiger partial charge in [-0.15, -0.1) is 11.3 Å². The lowest BCUT2D eigenvalue weighted by Crippen LogP contribution is -2.03. The van der Waals surface area contributed by atoms with Crippen LogP contribution in [0.3, 0.4) is 0 Å². The molecule has 0 unspecified atom stereocenters. The number of anilines is 1. The lowest BCUT2D eigenvalue weighted by molar-refractivity contribution is 0.707. The molecule has 0 spiro atoms. The van der Waals surface area contributed by atoms with E-state index in [9.17, 15) is 0 Å². The highest BCUT2D eigenvalue weighted by molar-refractivity contribution is 7.15. The van der Waals surface area contributed by atoms with Gasteiger partial charge in [0.25, 0.3) is 0 Å². The molecule has 0 amide bonds. The average molecular weight is 213 g/mol. The van der Waals surface area contributed by atoms with Gasteiger partial charge in [0.15, 0.2) is 5.13 Å². The van der Waals surface area contributed by atoms with Crippen molar-refractivity contribution >= 4 is 16.5 Å². The largest absolute Gasteiger partial charge is 0.362 e. The summed E-state index contributed by atoms with van der Waals surface area (Å²) in [5, 5.41) is 4.38. The number of rotatable bonds is 6. The van der Waals surface area contributed by atoms with Gasteiger partial charge in [0.05, 0.1) is 5.69 Å². The highest BCUT2D eigenvalue weighted by atomic mass is 32.1. The standard InChI is InChI=1S/C10H19N3S/c1-8-9(2)14-10(13-8)12-7-5-3-4-6-11/h3-7,11H2,1-2H3,(H,12,13). The number of nitrogens with one attached hydrogen (secondary N) is 1. The third-order valence-corrected chi connectivity index (χ3v) is 3.22. The predicted molar refractivity (Wildman–Crippen MR) is 63.0 cm³/mol. The first-order chi connectivity index (χ1) is 6.74. The number of aryl methyl sites for hydroxylation is 2. The zero-order valence-corrected chi connectivity index (χ0v) is 9.78. The van der Waals surface area contributed by atoms with Crippen molar-refractivity contribution in [3.63, 3.8) is 0 Å². The first-order valence-electron chi connectivity index (χ1n) is 5.12. The van der Waals surface area contributed by atoms with Crippen LogP contribution in [0.15, 0.2) is 0 Å². The van der Waals surface area contributed by atoms with E-state index in [2.05, 4.69) is 17.2 Å². The number of thiazole rings is 1. The molecule has 80 valence electrons. The summed E-state index contributed by atoms with van der Waals surface area (Å²) in [6.07, 6.45) is 3.50. The first kappa shape index (κ1) is 11.5. The van der Waals surface area contributed by atoms with E-state index in [0.29, 0.717) is 0 Å². The Labute approximate surface area is 89.7 Å². The Bertz CT molecular complexity index is 251. The summed E-state index contributed by atoms with van der Waals surface area (Å²) < 4.78 is 0. The molecule has 14 heavy (non-hydrogen) atoms. The second-order valence-electron chi connectivity index (χ2n) is 3.44. The van der Waals surface area contributed by atoms with Gasteiger partial charge < -0.3 is 11.1 Å². The summed E-state index contributed by atoms with van der Waals surface area (Å²) in [7, 11) is 0. The van der Waals surface area contributed by atoms with Gasteiger partial charge in [-0.05, 0) is 33.2 Å². The lowest BCUT2D eigenvalue weighted by Gasteiger charge is -2.01. The van der Waals surface area contributed by atoms with E-state index in [-0.39, 0.29) is 0 Å². The van der Waals surface area contributed by atoms with Crippen LogP contribution in [0.5, 0.6) is 0 Å². The van der Waals surface area contributed by atoms with Gasteiger partial charge in [-0.1, -0.05) is 6.42 Å². The molecular formula is C10H19N3S. The summed E-state index contributed by atoms with van der Waals surface area (Å²) >= 11 is 1.73. The maximum Gasteiger partial charge on any atom is 0.183 e. The highest BCUT2D eigenvalue weighted by Gasteiger charge is 2.01. The molecule has 0 aromatic carbocycles. The Hall–Kier alpha value is -0.610. The zero-order valence-electron chi connectivity index (χ0n) is 8.97. The van der Waals surface area contributed by atoms with E-state index in [0.717, 1.165) is 30.3 Å². The van der Waals surface area contributed by atoms with Crippen molar-refractivity contribution in [2.75, 3.05) is 18.4 Å². The molecule has 0 atom stereocenters. The van der Waals surface area contributed by atoms with Gasteiger partial charge >= 0.3 is 0 Å². The van der Waals surface area contributed by atoms with Crippen molar-refractivity contribution in [1.29, 1.82) is 0 Å². The molecule has 0 saturated heterocycles. The van der Waals surface area contributed by atoms with Crippen LogP contribution < -0.4 is 11.1 Å². The number of unbranched alkanes of at least 4 members (excludes halogenated alkanes) is 2. The molecule has 1 aromatic heterocycles. The van der Waals surface area contributed by atoms with Crippen LogP contribution in [0.25, 0.3) is 0 Å². The number of hydrogen-bond donors (Lipinski definition) is 2. The second kappa shape index (κ2) is 5.98. The number of hydrogen-bond acceptors (Lipinski definition) is 4. The molecule has 0 bridgehead atoms. The smallest absolute Gasteiger partial charge is 0.183 e. The Morgan fingerprint density at radius 1 is 1.29 bits per heavy atom. The molecule has 0 aliphatic heterocycles. The van der Waals surface area contributed by atoms with E-state index in [1.807, 2.05) is 6.92 Å². The van der Waals surface area contributed by atoms with Crippen molar-refractivity contribution in [2.45, 2.75) is 33.1 Å². The van der Waals surface area contributed by atoms with Gasteiger partial charge in [0.1, 0.15) is 0 Å². The molecule has 4 heteroatoms. The van der Waals surface area contributed by atoms with Crippen molar-refractivity contribution in [3.8, 4) is 0 Å². The van der Waals surface area contributed by atoms with E-state index >= 15 is 0 Å². The minimum Gasteiger partial charge on any atom is -0.362 e. The molecule has 0 saturated carbocycles. The van der Waals surface area contributed by atoms with Gasteiger partial charge in [-0.2, -0.15) is 0 Å². The zero-order chi connectivity index (χ0) is 10.4. The van der Waals surface area contributed by atoms with Gasteiger partial charge in [0.2, 0.25) is 0 Å². The molecule has 0 radical (unpaired) electrons. The van der Waals surface area contributed by atoms with Crippen LogP contribution in [-0.4, -0.2) is 18.1 Å². The molecule has 1 aromatic rings. The molecule has 1 heterocycles. The topological polar surface area (TPSA) is 50.9 Å². The number of nitrogens with zero attached hydrogens (tertiary/aromatic N) is 1. The number of nitrogens with two attached hydrogens (primary N) is 1. The van der Waals surface area contributed by atoms with Crippen LogP contribution in [0.1, 0.15) is 29.8 Å². The molecule has 0 aliphatic rings. The van der Waals surface area contributed by atoms with E-state index in [1.165, 1.54) is 17.7 Å². The molecule has 3 nitrogen and oxygen atoms in total. The van der Waals surface area contributed by atoms with E-state index in [4.69, 9.17) is 5.73 Å². The molecular weight excluding hydrogens is 194 g/mol. The van der Waals surface area contributed by atoms with Crippen LogP contribution in [0, 0.1) is 13.8 Å². The summed E-state index contributed by atoms with van der Waals surface area (Å²) in [5.74, 6) is 0. The molecule has 3 N–H and O–H groups in total. The van der Waals surface area contributed by atoms with Crippen molar-refractivity contribution in [1.82, 2.24) is 4.98 Å². The van der Waals surface area contributed by atoms with Crippen LogP contribution in [0.2, 0.25) is 0 Å². The second-order valence-corrected chi connectivity index (χ2v) is 4.64. The Morgan fingerprint density at radius 3 is 2.64 bits per heavy atom. The highest BCUT2D eigenvalue weighted by Crippen LogP contribution is 2.20. The lowest BCUT2D eigenvalue weighted by atomic mass is 10.2. The Kier molecular flexibility index (Phi) is 4.90. The van der Waals surface area contributed by atoms with Gasteiger partial charge in [-0.3, -0.25) is 0 Å². The number of aromatic nitrogens is 1. The third-order valence-electron chi connectivity index (χ3n) is 2.19. The first-order valence-corrected chi connectivity index (χ1v) is 5.93. The van der Waals surface area contributed by atoms with Crippen molar-refractivity contribution < 1.29 is 0 Å². The minimum absolute atomic E-state index is 0.801. The predicted octanol–water partition coefficient (Wildman–Crippen LogP) is 2.30. The van der Waals surface area contributed by atoms with E-state index in [1.54, 1.807) is 11.3 Å². The molecule has 1 rings (SSSR count). The third kappa shape index (κ3) is 3.64. The van der Waals surface area contributed by atoms with Crippen LogP contribution >= 0.6 is 11.3 Å². The van der Waals surface area contributed by atoms with Crippen LogP contribution in [0.4, 0.5) is 5.13 Å². The van der Waals surface area contributed by atoms with Crippen molar-refractivity contribution in [3.05, 3.63) is 10.6 Å². The Morgan fingerprint density at radius 2 is 2.07 bits per heavy atom. The summed E-state index contributed by atoms with van der Waals surface area (Å²) in [6.45, 7) is 5.96. The maximum absolute atomic E-state index is 5.41. The minimum atomic E-state index is 0.801. The summed E-state index contributed by atoms with van der Waals surface area (Å²) in [5.41, 5.74) is 6.55. The maximum atomic E-state index is 5.41. The Balaban J connectivity index is 2.18. The van der Waals surface area contributed by atoms with Crippen molar-refractivity contribution in [2.24, 2.45) is 5.73 Å². The quantitative estimate of drug-likeness (QED) is 0.713. The van der Waals surface area contributed by atoms with Gasteiger partial charge in [-0.25, -0.2) is 4.98 Å².